The van der Waals surface area contributed by atoms with Gasteiger partial charge in [0.1, 0.15) is 36.1 Å². The lowest BCUT2D eigenvalue weighted by Crippen LogP contribution is -2.42. The highest BCUT2D eigenvalue weighted by Crippen LogP contribution is 2.41. The number of nitrogens with one attached hydrogen (secondary N) is 1. The fraction of sp³-hybridized carbons (Fsp3) is 0.107. The molecule has 0 fully saturated rings. The van der Waals surface area contributed by atoms with Gasteiger partial charge in [0.2, 0.25) is 11.5 Å². The summed E-state index contributed by atoms with van der Waals surface area (Å²) in [5, 5.41) is 22.1. The highest BCUT2D eigenvalue weighted by Gasteiger charge is 2.38. The molecule has 0 bridgehead atoms. The van der Waals surface area contributed by atoms with Crippen LogP contribution in [0.3, 0.4) is 0 Å². The summed E-state index contributed by atoms with van der Waals surface area (Å²) in [6.07, 6.45) is 0.297. The number of nitrogens with zero attached hydrogens (tertiary/aromatic N) is 3. The third kappa shape index (κ3) is 10.1. The molecule has 1 atom stereocenters. The van der Waals surface area contributed by atoms with Gasteiger partial charge in [0, 0.05) is 11.8 Å². The number of oxime groups is 1. The van der Waals surface area contributed by atoms with Gasteiger partial charge in [-0.25, -0.2) is 14.8 Å². The number of carbonyl (C=O) groups is 2. The van der Waals surface area contributed by atoms with Crippen LogP contribution in [0.1, 0.15) is 63.3 Å². The zero-order valence-electron chi connectivity index (χ0n) is 36.2. The lowest BCUT2D eigenvalue weighted by molar-refractivity contribution is -0.197. The van der Waals surface area contributed by atoms with Crippen molar-refractivity contribution < 1.29 is 29.1 Å². The Morgan fingerprint density at radius 1 is 0.657 bits per heavy atom. The summed E-state index contributed by atoms with van der Waals surface area (Å²) in [6.45, 7) is -0.211. The maximum absolute atomic E-state index is 14.1. The number of ketones is 1. The van der Waals surface area contributed by atoms with Crippen LogP contribution in [0.5, 0.6) is 0 Å². The fourth-order valence-corrected chi connectivity index (χ4v) is 8.96. The number of thiazole rings is 1. The molecule has 2 N–H and O–H groups in total. The molecule has 0 radical (unpaired) electrons. The molecule has 2 heterocycles. The summed E-state index contributed by atoms with van der Waals surface area (Å²) in [5.74, 6) is -1.51. The molecular formula is C56H46N4O6S. The van der Waals surface area contributed by atoms with Crippen LogP contribution in [-0.4, -0.2) is 45.3 Å². The Balaban J connectivity index is 1.03. The Hall–Kier alpha value is -8.12. The molecule has 1 aromatic heterocycles. The summed E-state index contributed by atoms with van der Waals surface area (Å²) in [6, 6.07) is 68.4. The highest BCUT2D eigenvalue weighted by atomic mass is 32.1. The smallest absolute Gasteiger partial charge is 0.360 e. The van der Waals surface area contributed by atoms with E-state index >= 15 is 0 Å². The molecule has 0 saturated heterocycles. The molecule has 1 unspecified atom stereocenters. The Kier molecular flexibility index (Phi) is 13.7. The number of Topliss-reactive ketones (excluding diaryl/α,β-unsaturated/α-hetero) is 1. The van der Waals surface area contributed by atoms with Gasteiger partial charge in [-0.3, -0.25) is 9.63 Å². The van der Waals surface area contributed by atoms with E-state index in [1.807, 2.05) is 176 Å². The third-order valence-corrected chi connectivity index (χ3v) is 12.2. The molecule has 9 rings (SSSR count). The van der Waals surface area contributed by atoms with Gasteiger partial charge in [-0.05, 0) is 38.9 Å². The number of allylic oxidation sites excluding steroid dienone is 1. The van der Waals surface area contributed by atoms with Crippen molar-refractivity contribution in [2.24, 2.45) is 5.16 Å². The second-order valence-electron chi connectivity index (χ2n) is 15.8. The molecule has 0 saturated carbocycles. The third-order valence-electron chi connectivity index (χ3n) is 11.5. The SMILES string of the molecule is O=C1CC(CO/N=C(\C(=O)O)c2csc(NC(c3ccccc3)(c3ccccc3)c3ccccc3)n2)N(OC(c2ccccc2)c2ccccc2)C=C1OC(c1ccccc1)c1ccccc1. The van der Waals surface area contributed by atoms with Crippen molar-refractivity contribution in [1.29, 1.82) is 0 Å². The van der Waals surface area contributed by atoms with E-state index in [0.717, 1.165) is 38.9 Å². The molecule has 0 amide bonds. The molecule has 8 aromatic rings. The number of carbonyl (C=O) groups excluding carboxylic acids is 1. The molecule has 7 aromatic carbocycles. The first-order chi connectivity index (χ1) is 33.0. The van der Waals surface area contributed by atoms with Crippen molar-refractivity contribution in [2.45, 2.75) is 30.2 Å². The number of aliphatic carboxylic acids is 1. The van der Waals surface area contributed by atoms with Crippen LogP contribution in [0, 0.1) is 0 Å². The summed E-state index contributed by atoms with van der Waals surface area (Å²) in [5.41, 5.74) is 5.21. The molecule has 0 aliphatic carbocycles. The average molecular weight is 903 g/mol. The molecule has 332 valence electrons. The van der Waals surface area contributed by atoms with Gasteiger partial charge < -0.3 is 20.0 Å². The van der Waals surface area contributed by atoms with Crippen molar-refractivity contribution in [1.82, 2.24) is 10.0 Å². The largest absolute Gasteiger partial charge is 0.476 e. The number of rotatable bonds is 18. The van der Waals surface area contributed by atoms with Crippen molar-refractivity contribution in [2.75, 3.05) is 11.9 Å². The summed E-state index contributed by atoms with van der Waals surface area (Å²) >= 11 is 1.26. The molecule has 67 heavy (non-hydrogen) atoms. The van der Waals surface area contributed by atoms with Gasteiger partial charge in [0.15, 0.2) is 10.9 Å². The fourth-order valence-electron chi connectivity index (χ4n) is 8.21. The van der Waals surface area contributed by atoms with Crippen LogP contribution in [-0.2, 0) is 29.5 Å². The average Bonchev–Trinajstić information content (AvgIpc) is 3.85. The van der Waals surface area contributed by atoms with Crippen LogP contribution in [0.4, 0.5) is 5.13 Å². The zero-order chi connectivity index (χ0) is 45.8. The van der Waals surface area contributed by atoms with Gasteiger partial charge >= 0.3 is 5.97 Å². The van der Waals surface area contributed by atoms with E-state index in [9.17, 15) is 14.7 Å². The molecule has 10 nitrogen and oxygen atoms in total. The van der Waals surface area contributed by atoms with E-state index in [2.05, 4.69) is 46.9 Å². The number of benzene rings is 7. The van der Waals surface area contributed by atoms with Crippen molar-refractivity contribution in [3.05, 3.63) is 274 Å². The second kappa shape index (κ2) is 20.8. The van der Waals surface area contributed by atoms with E-state index in [-0.39, 0.29) is 30.3 Å². The van der Waals surface area contributed by atoms with Crippen LogP contribution < -0.4 is 5.32 Å². The molecule has 11 heteroatoms. The van der Waals surface area contributed by atoms with Gasteiger partial charge in [-0.15, -0.1) is 11.3 Å². The van der Waals surface area contributed by atoms with E-state index in [1.54, 1.807) is 16.6 Å². The minimum Gasteiger partial charge on any atom is -0.476 e. The molecular weight excluding hydrogens is 857 g/mol. The first-order valence-electron chi connectivity index (χ1n) is 21.9. The Morgan fingerprint density at radius 3 is 1.51 bits per heavy atom. The Labute approximate surface area is 393 Å². The molecule has 1 aliphatic heterocycles. The number of anilines is 1. The lowest BCUT2D eigenvalue weighted by atomic mass is 9.77. The predicted molar refractivity (Wildman–Crippen MR) is 260 cm³/mol. The van der Waals surface area contributed by atoms with Crippen LogP contribution in [0.2, 0.25) is 0 Å². The minimum absolute atomic E-state index is 0.0817. The second-order valence-corrected chi connectivity index (χ2v) is 16.7. The first-order valence-corrected chi connectivity index (χ1v) is 22.7. The van der Waals surface area contributed by atoms with Gasteiger partial charge in [0.25, 0.3) is 0 Å². The topological polar surface area (TPSA) is 123 Å². The van der Waals surface area contributed by atoms with E-state index < -0.39 is 35.5 Å². The lowest BCUT2D eigenvalue weighted by Gasteiger charge is -2.36. The normalized spacial score (nSPS) is 14.1. The summed E-state index contributed by atoms with van der Waals surface area (Å²) in [4.78, 5) is 44.6. The quantitative estimate of drug-likeness (QED) is 0.0492. The number of hydroxylamine groups is 2. The van der Waals surface area contributed by atoms with Crippen LogP contribution in [0.25, 0.3) is 0 Å². The van der Waals surface area contributed by atoms with Gasteiger partial charge in [-0.2, -0.15) is 0 Å². The van der Waals surface area contributed by atoms with Crippen molar-refractivity contribution in [3.8, 4) is 0 Å². The van der Waals surface area contributed by atoms with Gasteiger partial charge in [-0.1, -0.05) is 217 Å². The minimum atomic E-state index is -1.33. The number of carboxylic acid groups (broad SMARTS) is 1. The Morgan fingerprint density at radius 2 is 1.07 bits per heavy atom. The maximum atomic E-state index is 14.1. The number of carboxylic acids is 1. The van der Waals surface area contributed by atoms with E-state index in [0.29, 0.717) is 5.13 Å². The number of hydrogen-bond donors (Lipinski definition) is 2. The van der Waals surface area contributed by atoms with Crippen molar-refractivity contribution in [3.63, 3.8) is 0 Å². The first kappa shape index (κ1) is 44.1. The number of hydrogen-bond acceptors (Lipinski definition) is 10. The van der Waals surface area contributed by atoms with Crippen LogP contribution >= 0.6 is 11.3 Å². The predicted octanol–water partition coefficient (Wildman–Crippen LogP) is 11.4. The van der Waals surface area contributed by atoms with Crippen molar-refractivity contribution >= 4 is 33.9 Å². The standard InChI is InChI=1S/C56H46N4O6S/c61-49-36-47(38-64-59-51(54(62)63)48-39-67-55(57-48)58-56(44-30-16-5-17-31-44,45-32-18-6-19-33-45)46-34-20-7-21-35-46)60(66-53(42-26-12-3-13-27-42)43-28-14-4-15-29-43)37-50(49)65-52(40-22-8-1-9-23-40)41-24-10-2-11-25-41/h1-35,37,39,47,52-53H,36,38H2,(H,57,58)(H,62,63)/b59-51-. The van der Waals surface area contributed by atoms with Gasteiger partial charge in [0.05, 0.1) is 6.20 Å². The summed E-state index contributed by atoms with van der Waals surface area (Å²) in [7, 11) is 0. The number of ether oxygens (including phenoxy) is 1. The van der Waals surface area contributed by atoms with Crippen LogP contribution in [0.15, 0.2) is 235 Å². The monoisotopic (exact) mass is 902 g/mol. The van der Waals surface area contributed by atoms with E-state index in [4.69, 9.17) is 19.4 Å². The molecule has 0 spiro atoms. The Bertz CT molecular complexity index is 2750. The zero-order valence-corrected chi connectivity index (χ0v) is 37.1. The van der Waals surface area contributed by atoms with E-state index in [1.165, 1.54) is 11.3 Å². The summed E-state index contributed by atoms with van der Waals surface area (Å²) < 4.78 is 6.63. The maximum Gasteiger partial charge on any atom is 0.360 e. The molecule has 1 aliphatic rings. The number of aromatic nitrogens is 1. The highest BCUT2D eigenvalue weighted by molar-refractivity contribution is 7.14.